The fourth-order valence-electron chi connectivity index (χ4n) is 2.92. The van der Waals surface area contributed by atoms with Crippen molar-refractivity contribution in [2.45, 2.75) is 19.3 Å². The Kier molecular flexibility index (Phi) is 4.25. The first-order valence-electron chi connectivity index (χ1n) is 7.68. The van der Waals surface area contributed by atoms with E-state index in [1.54, 1.807) is 24.3 Å². The zero-order valence-electron chi connectivity index (χ0n) is 12.7. The molecule has 23 heavy (non-hydrogen) atoms. The lowest BCUT2D eigenvalue weighted by Crippen LogP contribution is -2.37. The van der Waals surface area contributed by atoms with Gasteiger partial charge in [0, 0.05) is 25.3 Å². The maximum atomic E-state index is 12.0. The molecule has 2 aliphatic rings. The lowest BCUT2D eigenvalue weighted by molar-refractivity contribution is -0.142. The van der Waals surface area contributed by atoms with Crippen LogP contribution in [-0.4, -0.2) is 50.5 Å². The number of likely N-dealkylation sites (tertiary alicyclic amines) is 1. The molecule has 1 aromatic carbocycles. The minimum Gasteiger partial charge on any atom is -0.334 e. The van der Waals surface area contributed by atoms with Crippen LogP contribution in [0.25, 0.3) is 0 Å². The normalized spacial score (nSPS) is 19.8. The quantitative estimate of drug-likeness (QED) is 0.808. The van der Waals surface area contributed by atoms with E-state index < -0.39 is 21.8 Å². The van der Waals surface area contributed by atoms with Crippen molar-refractivity contribution in [2.75, 3.05) is 35.0 Å². The van der Waals surface area contributed by atoms with E-state index in [2.05, 4.69) is 5.32 Å². The van der Waals surface area contributed by atoms with Gasteiger partial charge in [0.15, 0.2) is 0 Å². The van der Waals surface area contributed by atoms with Crippen LogP contribution in [0.1, 0.15) is 19.3 Å². The molecule has 8 heteroatoms. The van der Waals surface area contributed by atoms with Gasteiger partial charge < -0.3 is 10.2 Å². The van der Waals surface area contributed by atoms with Crippen molar-refractivity contribution in [3.05, 3.63) is 24.3 Å². The molecule has 2 fully saturated rings. The molecule has 0 aliphatic carbocycles. The molecule has 1 aromatic rings. The number of carbonyl (C=O) groups is 2. The van der Waals surface area contributed by atoms with Crippen LogP contribution in [0.3, 0.4) is 0 Å². The Balaban J connectivity index is 1.72. The van der Waals surface area contributed by atoms with Crippen LogP contribution < -0.4 is 9.62 Å². The molecule has 0 aromatic heterocycles. The molecule has 0 radical (unpaired) electrons. The molecule has 2 heterocycles. The van der Waals surface area contributed by atoms with Crippen LogP contribution in [0, 0.1) is 0 Å². The third-order valence-corrected chi connectivity index (χ3v) is 5.95. The molecule has 124 valence electrons. The molecule has 0 bridgehead atoms. The Bertz CT molecular complexity index is 726. The van der Waals surface area contributed by atoms with Crippen LogP contribution >= 0.6 is 0 Å². The number of benzene rings is 1. The smallest absolute Gasteiger partial charge is 0.313 e. The highest BCUT2D eigenvalue weighted by Crippen LogP contribution is 2.26. The lowest BCUT2D eigenvalue weighted by atomic mass is 10.2. The predicted molar refractivity (Wildman–Crippen MR) is 86.6 cm³/mol. The number of nitrogens with zero attached hydrogens (tertiary/aromatic N) is 2. The van der Waals surface area contributed by atoms with Crippen LogP contribution in [0.4, 0.5) is 11.4 Å². The van der Waals surface area contributed by atoms with Gasteiger partial charge in [0.05, 0.1) is 11.4 Å². The van der Waals surface area contributed by atoms with Crippen molar-refractivity contribution in [2.24, 2.45) is 0 Å². The second kappa shape index (κ2) is 6.19. The first-order valence-corrected chi connectivity index (χ1v) is 9.29. The summed E-state index contributed by atoms with van der Waals surface area (Å²) in [6.45, 7) is 1.66. The van der Waals surface area contributed by atoms with Gasteiger partial charge in [-0.05, 0) is 37.5 Å². The topological polar surface area (TPSA) is 86.8 Å². The largest absolute Gasteiger partial charge is 0.334 e. The number of amides is 2. The van der Waals surface area contributed by atoms with Crippen molar-refractivity contribution in [3.8, 4) is 0 Å². The van der Waals surface area contributed by atoms with Crippen LogP contribution in [0.2, 0.25) is 0 Å². The summed E-state index contributed by atoms with van der Waals surface area (Å²) in [5.41, 5.74) is 0.927. The zero-order chi connectivity index (χ0) is 16.4. The average Bonchev–Trinajstić information content (AvgIpc) is 3.15. The van der Waals surface area contributed by atoms with E-state index >= 15 is 0 Å². The number of nitrogens with one attached hydrogen (secondary N) is 1. The van der Waals surface area contributed by atoms with E-state index in [1.807, 2.05) is 0 Å². The van der Waals surface area contributed by atoms with E-state index in [0.717, 1.165) is 12.8 Å². The number of sulfonamides is 1. The van der Waals surface area contributed by atoms with Crippen molar-refractivity contribution in [1.29, 1.82) is 0 Å². The minimum atomic E-state index is -3.27. The van der Waals surface area contributed by atoms with Crippen molar-refractivity contribution >= 4 is 33.2 Å². The number of rotatable bonds is 2. The summed E-state index contributed by atoms with van der Waals surface area (Å²) >= 11 is 0. The second-order valence-corrected chi connectivity index (χ2v) is 7.76. The Hall–Kier alpha value is -2.09. The van der Waals surface area contributed by atoms with Gasteiger partial charge in [-0.25, -0.2) is 8.42 Å². The summed E-state index contributed by atoms with van der Waals surface area (Å²) in [4.78, 5) is 25.6. The minimum absolute atomic E-state index is 0.136. The van der Waals surface area contributed by atoms with Gasteiger partial charge in [-0.15, -0.1) is 0 Å². The Labute approximate surface area is 135 Å². The molecule has 0 atom stereocenters. The van der Waals surface area contributed by atoms with Gasteiger partial charge >= 0.3 is 11.8 Å². The van der Waals surface area contributed by atoms with E-state index in [1.165, 1.54) is 9.21 Å². The van der Waals surface area contributed by atoms with E-state index in [9.17, 15) is 18.0 Å². The van der Waals surface area contributed by atoms with E-state index in [4.69, 9.17) is 0 Å². The number of hydrogen-bond donors (Lipinski definition) is 1. The molecule has 2 aliphatic heterocycles. The van der Waals surface area contributed by atoms with Gasteiger partial charge in [-0.2, -0.15) is 0 Å². The fourth-order valence-corrected chi connectivity index (χ4v) is 4.47. The molecule has 0 unspecified atom stereocenters. The number of hydrogen-bond acceptors (Lipinski definition) is 4. The molecule has 3 rings (SSSR count). The summed E-state index contributed by atoms with van der Waals surface area (Å²) < 4.78 is 25.2. The third-order valence-electron chi connectivity index (χ3n) is 4.08. The molecular formula is C15H19N3O4S. The molecular weight excluding hydrogens is 318 g/mol. The van der Waals surface area contributed by atoms with Gasteiger partial charge in [0.2, 0.25) is 10.0 Å². The summed E-state index contributed by atoms with van der Waals surface area (Å²) in [6.07, 6.45) is 2.43. The Morgan fingerprint density at radius 3 is 2.43 bits per heavy atom. The van der Waals surface area contributed by atoms with Gasteiger partial charge in [-0.1, -0.05) is 6.07 Å². The Morgan fingerprint density at radius 2 is 1.78 bits per heavy atom. The molecule has 1 N–H and O–H groups in total. The second-order valence-electron chi connectivity index (χ2n) is 5.75. The van der Waals surface area contributed by atoms with Crippen molar-refractivity contribution in [3.63, 3.8) is 0 Å². The predicted octanol–water partition coefficient (Wildman–Crippen LogP) is 0.787. The zero-order valence-corrected chi connectivity index (χ0v) is 13.5. The standard InChI is InChI=1S/C15H19N3O4S/c19-14(15(20)17-7-1-2-8-17)16-12-5-3-6-13(11-12)18-9-4-10-23(18,21)22/h3,5-6,11H,1-2,4,7-10H2,(H,16,19). The highest BCUT2D eigenvalue weighted by atomic mass is 32.2. The Morgan fingerprint density at radius 1 is 1.04 bits per heavy atom. The van der Waals surface area contributed by atoms with Gasteiger partial charge in [-0.3, -0.25) is 13.9 Å². The van der Waals surface area contributed by atoms with Crippen LogP contribution in [0.5, 0.6) is 0 Å². The van der Waals surface area contributed by atoms with Gasteiger partial charge in [0.1, 0.15) is 0 Å². The number of anilines is 2. The molecule has 0 spiro atoms. The molecule has 0 saturated carbocycles. The molecule has 2 amide bonds. The highest BCUT2D eigenvalue weighted by Gasteiger charge is 2.29. The average molecular weight is 337 g/mol. The molecule has 2 saturated heterocycles. The SMILES string of the molecule is O=C(Nc1cccc(N2CCCS2(=O)=O)c1)C(=O)N1CCCC1. The summed E-state index contributed by atoms with van der Waals surface area (Å²) in [5.74, 6) is -1.09. The molecule has 7 nitrogen and oxygen atoms in total. The van der Waals surface area contributed by atoms with Crippen LogP contribution in [-0.2, 0) is 19.6 Å². The van der Waals surface area contributed by atoms with Crippen molar-refractivity contribution < 1.29 is 18.0 Å². The first kappa shape index (κ1) is 15.8. The van der Waals surface area contributed by atoms with E-state index in [-0.39, 0.29) is 5.75 Å². The maximum absolute atomic E-state index is 12.0. The first-order chi connectivity index (χ1) is 11.0. The summed E-state index contributed by atoms with van der Waals surface area (Å²) in [6, 6.07) is 6.57. The number of carbonyl (C=O) groups excluding carboxylic acids is 2. The van der Waals surface area contributed by atoms with Crippen molar-refractivity contribution in [1.82, 2.24) is 4.90 Å². The lowest BCUT2D eigenvalue weighted by Gasteiger charge is -2.18. The van der Waals surface area contributed by atoms with E-state index in [0.29, 0.717) is 37.4 Å². The van der Waals surface area contributed by atoms with Crippen LogP contribution in [0.15, 0.2) is 24.3 Å². The highest BCUT2D eigenvalue weighted by molar-refractivity contribution is 7.93. The summed E-state index contributed by atoms with van der Waals surface area (Å²) in [5, 5.41) is 2.56. The maximum Gasteiger partial charge on any atom is 0.313 e. The third kappa shape index (κ3) is 3.31. The fraction of sp³-hybridized carbons (Fsp3) is 0.467. The van der Waals surface area contributed by atoms with Gasteiger partial charge in [0.25, 0.3) is 0 Å². The summed E-state index contributed by atoms with van der Waals surface area (Å²) in [7, 11) is -3.27. The monoisotopic (exact) mass is 337 g/mol.